The Hall–Kier alpha value is -4.16. The SMILES string of the molecule is CCOc1ccc(-c2ccc(-c3cc(C(F)(F)F)c(C#N)c(=O)n3Cc3ccc(F)cc3F)cc2)cc1Cl. The number of halogens is 6. The average molecular weight is 545 g/mol. The molecular formula is C28H18ClF5N2O2. The molecule has 1 heterocycles. The molecule has 0 fully saturated rings. The maximum Gasteiger partial charge on any atom is 0.417 e. The maximum absolute atomic E-state index is 14.4. The molecule has 0 saturated carbocycles. The highest BCUT2D eigenvalue weighted by atomic mass is 35.5. The number of pyridine rings is 1. The van der Waals surface area contributed by atoms with Crippen molar-refractivity contribution in [1.29, 1.82) is 5.26 Å². The van der Waals surface area contributed by atoms with E-state index >= 15 is 0 Å². The lowest BCUT2D eigenvalue weighted by molar-refractivity contribution is -0.137. The largest absolute Gasteiger partial charge is 0.492 e. The molecule has 0 N–H and O–H groups in total. The number of nitriles is 1. The molecule has 38 heavy (non-hydrogen) atoms. The van der Waals surface area contributed by atoms with Gasteiger partial charge in [0.1, 0.15) is 29.0 Å². The van der Waals surface area contributed by atoms with Crippen molar-refractivity contribution in [2.45, 2.75) is 19.6 Å². The lowest BCUT2D eigenvalue weighted by atomic mass is 10.00. The molecule has 3 aromatic carbocycles. The minimum atomic E-state index is -4.99. The van der Waals surface area contributed by atoms with E-state index in [0.717, 1.165) is 16.7 Å². The van der Waals surface area contributed by atoms with E-state index in [2.05, 4.69) is 0 Å². The Morgan fingerprint density at radius 1 is 0.947 bits per heavy atom. The first kappa shape index (κ1) is 26.9. The smallest absolute Gasteiger partial charge is 0.417 e. The number of nitrogens with zero attached hydrogens (tertiary/aromatic N) is 2. The van der Waals surface area contributed by atoms with Crippen LogP contribution in [0.5, 0.6) is 5.75 Å². The molecule has 0 atom stereocenters. The molecule has 0 spiro atoms. The monoisotopic (exact) mass is 544 g/mol. The topological polar surface area (TPSA) is 55.0 Å². The van der Waals surface area contributed by atoms with Crippen LogP contribution in [0.2, 0.25) is 5.02 Å². The Kier molecular flexibility index (Phi) is 7.56. The van der Waals surface area contributed by atoms with Gasteiger partial charge >= 0.3 is 6.18 Å². The highest BCUT2D eigenvalue weighted by Gasteiger charge is 2.36. The Morgan fingerprint density at radius 2 is 1.61 bits per heavy atom. The normalized spacial score (nSPS) is 11.3. The van der Waals surface area contributed by atoms with E-state index in [0.29, 0.717) is 40.6 Å². The maximum atomic E-state index is 14.4. The van der Waals surface area contributed by atoms with E-state index in [4.69, 9.17) is 16.3 Å². The highest BCUT2D eigenvalue weighted by molar-refractivity contribution is 6.32. The third-order valence-corrected chi connectivity index (χ3v) is 6.10. The van der Waals surface area contributed by atoms with Crippen molar-refractivity contribution in [3.63, 3.8) is 0 Å². The summed E-state index contributed by atoms with van der Waals surface area (Å²) in [7, 11) is 0. The molecule has 4 rings (SSSR count). The molecule has 10 heteroatoms. The van der Waals surface area contributed by atoms with Gasteiger partial charge in [-0.25, -0.2) is 8.78 Å². The second-order valence-corrected chi connectivity index (χ2v) is 8.62. The van der Waals surface area contributed by atoms with E-state index < -0.39 is 41.0 Å². The summed E-state index contributed by atoms with van der Waals surface area (Å²) in [6, 6.07) is 16.0. The van der Waals surface area contributed by atoms with Crippen LogP contribution in [0.15, 0.2) is 71.5 Å². The van der Waals surface area contributed by atoms with Gasteiger partial charge in [-0.2, -0.15) is 18.4 Å². The number of benzene rings is 3. The highest BCUT2D eigenvalue weighted by Crippen LogP contribution is 2.35. The van der Waals surface area contributed by atoms with Gasteiger partial charge < -0.3 is 9.30 Å². The van der Waals surface area contributed by atoms with E-state index in [9.17, 15) is 32.0 Å². The second kappa shape index (κ2) is 10.7. The zero-order valence-corrected chi connectivity index (χ0v) is 20.5. The van der Waals surface area contributed by atoms with Crippen molar-refractivity contribution in [2.75, 3.05) is 6.61 Å². The lowest BCUT2D eigenvalue weighted by Gasteiger charge is -2.18. The van der Waals surface area contributed by atoms with Crippen LogP contribution >= 0.6 is 11.6 Å². The van der Waals surface area contributed by atoms with Crippen molar-refractivity contribution in [3.8, 4) is 34.2 Å². The zero-order valence-electron chi connectivity index (χ0n) is 19.7. The van der Waals surface area contributed by atoms with E-state index in [-0.39, 0.29) is 16.8 Å². The summed E-state index contributed by atoms with van der Waals surface area (Å²) in [5.74, 6) is -1.33. The lowest BCUT2D eigenvalue weighted by Crippen LogP contribution is -2.29. The fraction of sp³-hybridized carbons (Fsp3) is 0.143. The molecular weight excluding hydrogens is 527 g/mol. The van der Waals surface area contributed by atoms with Gasteiger partial charge in [0.15, 0.2) is 0 Å². The summed E-state index contributed by atoms with van der Waals surface area (Å²) in [6.07, 6.45) is -4.99. The van der Waals surface area contributed by atoms with Crippen LogP contribution in [-0.2, 0) is 12.7 Å². The number of aromatic nitrogens is 1. The van der Waals surface area contributed by atoms with Gasteiger partial charge in [0.05, 0.1) is 29.4 Å². The molecule has 0 saturated heterocycles. The van der Waals surface area contributed by atoms with Crippen LogP contribution in [0.3, 0.4) is 0 Å². The second-order valence-electron chi connectivity index (χ2n) is 8.21. The first-order valence-electron chi connectivity index (χ1n) is 11.3. The molecule has 4 aromatic rings. The van der Waals surface area contributed by atoms with E-state index in [1.165, 1.54) is 18.2 Å². The van der Waals surface area contributed by atoms with Crippen molar-refractivity contribution < 1.29 is 26.7 Å². The summed E-state index contributed by atoms with van der Waals surface area (Å²) in [4.78, 5) is 13.1. The summed E-state index contributed by atoms with van der Waals surface area (Å²) in [5.41, 5.74) is -2.50. The number of alkyl halides is 3. The Balaban J connectivity index is 1.85. The predicted octanol–water partition coefficient (Wildman–Crippen LogP) is 7.45. The summed E-state index contributed by atoms with van der Waals surface area (Å²) < 4.78 is 75.4. The fourth-order valence-corrected chi connectivity index (χ4v) is 4.22. The Bertz CT molecular complexity index is 1610. The molecule has 0 unspecified atom stereocenters. The molecule has 0 aliphatic rings. The van der Waals surface area contributed by atoms with Crippen molar-refractivity contribution >= 4 is 11.6 Å². The van der Waals surface area contributed by atoms with Crippen molar-refractivity contribution in [1.82, 2.24) is 4.57 Å². The number of rotatable bonds is 6. The minimum Gasteiger partial charge on any atom is -0.492 e. The molecule has 0 radical (unpaired) electrons. The number of ether oxygens (including phenoxy) is 1. The Morgan fingerprint density at radius 3 is 2.18 bits per heavy atom. The number of hydrogen-bond donors (Lipinski definition) is 0. The minimum absolute atomic E-state index is 0.140. The fourth-order valence-electron chi connectivity index (χ4n) is 3.98. The third kappa shape index (κ3) is 5.41. The van der Waals surface area contributed by atoms with E-state index in [1.54, 1.807) is 30.3 Å². The molecule has 1 aromatic heterocycles. The molecule has 0 aliphatic heterocycles. The van der Waals surface area contributed by atoms with Gasteiger partial charge in [0.25, 0.3) is 5.56 Å². The van der Waals surface area contributed by atoms with Crippen molar-refractivity contribution in [3.05, 3.63) is 110 Å². The molecule has 4 nitrogen and oxygen atoms in total. The molecule has 0 aliphatic carbocycles. The zero-order chi connectivity index (χ0) is 27.6. The quantitative estimate of drug-likeness (QED) is 0.237. The van der Waals surface area contributed by atoms with Crippen LogP contribution in [0.4, 0.5) is 22.0 Å². The first-order valence-corrected chi connectivity index (χ1v) is 11.6. The van der Waals surface area contributed by atoms with Gasteiger partial charge in [0.2, 0.25) is 0 Å². The summed E-state index contributed by atoms with van der Waals surface area (Å²) in [6.45, 7) is 1.73. The van der Waals surface area contributed by atoms with Crippen LogP contribution in [0, 0.1) is 23.0 Å². The van der Waals surface area contributed by atoms with Gasteiger partial charge in [0, 0.05) is 11.6 Å². The van der Waals surface area contributed by atoms with Gasteiger partial charge in [-0.15, -0.1) is 0 Å². The van der Waals surface area contributed by atoms with Crippen LogP contribution < -0.4 is 10.3 Å². The summed E-state index contributed by atoms with van der Waals surface area (Å²) >= 11 is 6.26. The standard InChI is InChI=1S/C28H18ClF5N2O2/c1-2-38-26-10-8-18(11-23(26)29)16-3-5-17(6-4-16)25-13-22(28(32,33)34)21(14-35)27(37)36(25)15-19-7-9-20(30)12-24(19)31/h3-13H,2,15H2,1H3. The molecule has 0 amide bonds. The van der Waals surface area contributed by atoms with Gasteiger partial charge in [-0.1, -0.05) is 48.0 Å². The first-order chi connectivity index (χ1) is 18.0. The van der Waals surface area contributed by atoms with Gasteiger partial charge in [-0.3, -0.25) is 4.79 Å². The Labute approximate surface area is 219 Å². The average Bonchev–Trinajstić information content (AvgIpc) is 2.87. The van der Waals surface area contributed by atoms with Crippen molar-refractivity contribution in [2.24, 2.45) is 0 Å². The predicted molar refractivity (Wildman–Crippen MR) is 133 cm³/mol. The molecule has 0 bridgehead atoms. The van der Waals surface area contributed by atoms with Gasteiger partial charge in [-0.05, 0) is 47.9 Å². The summed E-state index contributed by atoms with van der Waals surface area (Å²) in [5, 5.41) is 9.72. The number of hydrogen-bond acceptors (Lipinski definition) is 3. The van der Waals surface area contributed by atoms with Crippen LogP contribution in [0.25, 0.3) is 22.4 Å². The molecule has 194 valence electrons. The van der Waals surface area contributed by atoms with Crippen LogP contribution in [0.1, 0.15) is 23.6 Å². The third-order valence-electron chi connectivity index (χ3n) is 5.81. The van der Waals surface area contributed by atoms with Crippen LogP contribution in [-0.4, -0.2) is 11.2 Å². The van der Waals surface area contributed by atoms with E-state index in [1.807, 2.05) is 6.92 Å².